The molecule has 0 bridgehead atoms. The number of carbonyl (C=O) groups excluding carboxylic acids is 1. The Bertz CT molecular complexity index is 802. The third kappa shape index (κ3) is 3.58. The number of aromatic nitrogens is 1. The van der Waals surface area contributed by atoms with Crippen molar-refractivity contribution < 1.29 is 9.72 Å². The predicted octanol–water partition coefficient (Wildman–Crippen LogP) is 2.02. The van der Waals surface area contributed by atoms with E-state index >= 15 is 0 Å². The van der Waals surface area contributed by atoms with Gasteiger partial charge in [0.2, 0.25) is 0 Å². The minimum Gasteiger partial charge on any atom is -0.377 e. The van der Waals surface area contributed by atoms with E-state index in [2.05, 4.69) is 9.88 Å². The van der Waals surface area contributed by atoms with Gasteiger partial charge in [0.25, 0.3) is 11.6 Å². The number of piperazine rings is 1. The number of carbonyl (C=O) groups is 1. The van der Waals surface area contributed by atoms with Gasteiger partial charge in [-0.25, -0.2) is 0 Å². The summed E-state index contributed by atoms with van der Waals surface area (Å²) in [5, 5.41) is 11.1. The first-order valence-electron chi connectivity index (χ1n) is 8.37. The monoisotopic (exact) mass is 355 g/mol. The zero-order valence-corrected chi connectivity index (χ0v) is 14.8. The van der Waals surface area contributed by atoms with Crippen LogP contribution in [0.15, 0.2) is 42.7 Å². The fourth-order valence-corrected chi connectivity index (χ4v) is 3.09. The summed E-state index contributed by atoms with van der Waals surface area (Å²) in [7, 11) is 3.64. The van der Waals surface area contributed by atoms with Crippen molar-refractivity contribution in [1.29, 1.82) is 0 Å². The second kappa shape index (κ2) is 7.38. The van der Waals surface area contributed by atoms with E-state index in [1.165, 1.54) is 12.1 Å². The van der Waals surface area contributed by atoms with Gasteiger partial charge in [-0.2, -0.15) is 0 Å². The maximum Gasteiger partial charge on any atom is 0.270 e. The first-order chi connectivity index (χ1) is 12.5. The van der Waals surface area contributed by atoms with Gasteiger partial charge in [-0.3, -0.25) is 19.9 Å². The maximum atomic E-state index is 13.0. The summed E-state index contributed by atoms with van der Waals surface area (Å²) in [4.78, 5) is 33.4. The Morgan fingerprint density at radius 3 is 2.35 bits per heavy atom. The Kier molecular flexibility index (Phi) is 5.01. The summed E-state index contributed by atoms with van der Waals surface area (Å²) in [5.74, 6) is -0.174. The van der Waals surface area contributed by atoms with Crippen molar-refractivity contribution in [1.82, 2.24) is 9.88 Å². The van der Waals surface area contributed by atoms with Gasteiger partial charge in [0, 0.05) is 76.2 Å². The summed E-state index contributed by atoms with van der Waals surface area (Å²) in [6, 6.07) is 8.31. The molecule has 0 saturated carbocycles. The molecule has 0 radical (unpaired) electrons. The molecule has 0 unspecified atom stereocenters. The number of rotatable bonds is 4. The number of nitro benzene ring substituents is 1. The van der Waals surface area contributed by atoms with Crippen LogP contribution in [0.4, 0.5) is 17.1 Å². The lowest BCUT2D eigenvalue weighted by molar-refractivity contribution is -0.384. The normalized spacial score (nSPS) is 14.2. The molecule has 8 heteroatoms. The van der Waals surface area contributed by atoms with Crippen molar-refractivity contribution in [2.75, 3.05) is 50.1 Å². The molecule has 8 nitrogen and oxygen atoms in total. The average molecular weight is 355 g/mol. The number of anilines is 2. The smallest absolute Gasteiger partial charge is 0.270 e. The molecule has 1 fully saturated rings. The number of amides is 1. The number of benzene rings is 1. The van der Waals surface area contributed by atoms with E-state index in [1.807, 2.05) is 26.2 Å². The molecule has 136 valence electrons. The van der Waals surface area contributed by atoms with E-state index in [-0.39, 0.29) is 11.6 Å². The number of hydrogen-bond donors (Lipinski definition) is 0. The summed E-state index contributed by atoms with van der Waals surface area (Å²) in [6.07, 6.45) is 3.50. The molecule has 1 aliphatic heterocycles. The highest BCUT2D eigenvalue weighted by Gasteiger charge is 2.26. The molecule has 2 aromatic rings. The molecular weight excluding hydrogens is 334 g/mol. The van der Waals surface area contributed by atoms with E-state index in [4.69, 9.17) is 0 Å². The van der Waals surface area contributed by atoms with E-state index in [0.29, 0.717) is 37.4 Å². The van der Waals surface area contributed by atoms with Crippen molar-refractivity contribution >= 4 is 23.0 Å². The molecule has 1 saturated heterocycles. The molecule has 1 aromatic carbocycles. The third-order valence-corrected chi connectivity index (χ3v) is 4.50. The second-order valence-electron chi connectivity index (χ2n) is 6.34. The molecule has 2 heterocycles. The first kappa shape index (κ1) is 17.7. The van der Waals surface area contributed by atoms with Crippen LogP contribution in [0, 0.1) is 10.1 Å². The molecule has 0 aliphatic carbocycles. The average Bonchev–Trinajstić information content (AvgIpc) is 2.67. The minimum atomic E-state index is -0.475. The lowest BCUT2D eigenvalue weighted by Gasteiger charge is -2.36. The highest BCUT2D eigenvalue weighted by Crippen LogP contribution is 2.26. The van der Waals surface area contributed by atoms with E-state index in [9.17, 15) is 14.9 Å². The quantitative estimate of drug-likeness (QED) is 0.616. The molecule has 0 spiro atoms. The van der Waals surface area contributed by atoms with Crippen LogP contribution >= 0.6 is 0 Å². The molecule has 0 N–H and O–H groups in total. The lowest BCUT2D eigenvalue weighted by Crippen LogP contribution is -2.49. The second-order valence-corrected chi connectivity index (χ2v) is 6.34. The molecule has 1 aromatic heterocycles. The predicted molar refractivity (Wildman–Crippen MR) is 99.8 cm³/mol. The Hall–Kier alpha value is -3.16. The lowest BCUT2D eigenvalue weighted by atomic mass is 10.1. The standard InChI is InChI=1S/C18H21N5O3/c1-20(2)17-4-3-15(23(25)26)13-16(17)18(24)22-11-9-21(10-12-22)14-5-7-19-8-6-14/h3-8,13H,9-12H2,1-2H3. The number of nitrogens with zero attached hydrogens (tertiary/aromatic N) is 5. The molecule has 3 rings (SSSR count). The summed E-state index contributed by atoms with van der Waals surface area (Å²) in [6.45, 7) is 2.55. The van der Waals surface area contributed by atoms with Gasteiger partial charge in [-0.05, 0) is 18.2 Å². The fourth-order valence-electron chi connectivity index (χ4n) is 3.09. The SMILES string of the molecule is CN(C)c1ccc([N+](=O)[O-])cc1C(=O)N1CCN(c2ccncc2)CC1. The van der Waals surface area contributed by atoms with Gasteiger partial charge in [0.1, 0.15) is 0 Å². The topological polar surface area (TPSA) is 82.8 Å². The highest BCUT2D eigenvalue weighted by atomic mass is 16.6. The Labute approximate surface area is 151 Å². The van der Waals surface area contributed by atoms with Crippen molar-refractivity contribution in [3.8, 4) is 0 Å². The van der Waals surface area contributed by atoms with Gasteiger partial charge in [-0.1, -0.05) is 0 Å². The number of non-ortho nitro benzene ring substituents is 1. The fraction of sp³-hybridized carbons (Fsp3) is 0.333. The van der Waals surface area contributed by atoms with Gasteiger partial charge in [0.15, 0.2) is 0 Å². The first-order valence-corrected chi connectivity index (χ1v) is 8.37. The highest BCUT2D eigenvalue weighted by molar-refractivity contribution is 6.00. The van der Waals surface area contributed by atoms with Crippen LogP contribution in [-0.4, -0.2) is 61.0 Å². The van der Waals surface area contributed by atoms with Crippen molar-refractivity contribution in [2.24, 2.45) is 0 Å². The van der Waals surface area contributed by atoms with Crippen LogP contribution in [0.5, 0.6) is 0 Å². The largest absolute Gasteiger partial charge is 0.377 e. The van der Waals surface area contributed by atoms with E-state index < -0.39 is 4.92 Å². The molecule has 1 aliphatic rings. The summed E-state index contributed by atoms with van der Waals surface area (Å²) < 4.78 is 0. The maximum absolute atomic E-state index is 13.0. The summed E-state index contributed by atoms with van der Waals surface area (Å²) >= 11 is 0. The number of hydrogen-bond acceptors (Lipinski definition) is 6. The van der Waals surface area contributed by atoms with Crippen LogP contribution in [0.3, 0.4) is 0 Å². The van der Waals surface area contributed by atoms with Gasteiger partial charge in [0.05, 0.1) is 10.5 Å². The van der Waals surface area contributed by atoms with Crippen LogP contribution in [0.25, 0.3) is 0 Å². The zero-order valence-electron chi connectivity index (χ0n) is 14.8. The Morgan fingerprint density at radius 1 is 1.12 bits per heavy atom. The van der Waals surface area contributed by atoms with E-state index in [1.54, 1.807) is 28.3 Å². The van der Waals surface area contributed by atoms with Crippen LogP contribution in [-0.2, 0) is 0 Å². The van der Waals surface area contributed by atoms with Gasteiger partial charge >= 0.3 is 0 Å². The van der Waals surface area contributed by atoms with Crippen LogP contribution in [0.1, 0.15) is 10.4 Å². The van der Waals surface area contributed by atoms with Gasteiger partial charge < -0.3 is 14.7 Å². The minimum absolute atomic E-state index is 0.0747. The van der Waals surface area contributed by atoms with Crippen LogP contribution < -0.4 is 9.80 Å². The van der Waals surface area contributed by atoms with Crippen molar-refractivity contribution in [3.05, 3.63) is 58.4 Å². The molecule has 26 heavy (non-hydrogen) atoms. The van der Waals surface area contributed by atoms with Gasteiger partial charge in [-0.15, -0.1) is 0 Å². The zero-order chi connectivity index (χ0) is 18.7. The van der Waals surface area contributed by atoms with Crippen molar-refractivity contribution in [3.63, 3.8) is 0 Å². The van der Waals surface area contributed by atoms with E-state index in [0.717, 1.165) is 5.69 Å². The molecule has 0 atom stereocenters. The number of nitro groups is 1. The Morgan fingerprint density at radius 2 is 1.77 bits per heavy atom. The Balaban J connectivity index is 1.78. The molecule has 1 amide bonds. The third-order valence-electron chi connectivity index (χ3n) is 4.50. The van der Waals surface area contributed by atoms with Crippen molar-refractivity contribution in [2.45, 2.75) is 0 Å². The van der Waals surface area contributed by atoms with Crippen LogP contribution in [0.2, 0.25) is 0 Å². The number of pyridine rings is 1. The summed E-state index contributed by atoms with van der Waals surface area (Å²) in [5.41, 5.74) is 2.05. The molecular formula is C18H21N5O3.